The second-order valence-electron chi connectivity index (χ2n) is 6.28. The molecule has 0 aliphatic carbocycles. The standard InChI is InChI=1S/C23H18O3/c1-16-6-5-7-17(12-16)14-25-19-10-11-22-20(13-19)21(15-26-22)23(24)18-8-3-2-4-9-18/h2-13,15H,14H2,1H3. The number of rotatable bonds is 5. The van der Waals surface area contributed by atoms with E-state index >= 15 is 0 Å². The molecule has 0 saturated heterocycles. The fourth-order valence-electron chi connectivity index (χ4n) is 2.99. The van der Waals surface area contributed by atoms with E-state index in [1.807, 2.05) is 48.5 Å². The molecule has 3 nitrogen and oxygen atoms in total. The van der Waals surface area contributed by atoms with Crippen LogP contribution >= 0.6 is 0 Å². The van der Waals surface area contributed by atoms with Crippen LogP contribution in [0.1, 0.15) is 27.0 Å². The molecule has 3 aromatic carbocycles. The molecule has 1 aromatic heterocycles. The van der Waals surface area contributed by atoms with Crippen LogP contribution in [0.3, 0.4) is 0 Å². The minimum absolute atomic E-state index is 0.0554. The lowest BCUT2D eigenvalue weighted by Crippen LogP contribution is -2.00. The van der Waals surface area contributed by atoms with Gasteiger partial charge in [0.1, 0.15) is 24.2 Å². The van der Waals surface area contributed by atoms with Crippen molar-refractivity contribution in [2.75, 3.05) is 0 Å². The molecule has 0 amide bonds. The highest BCUT2D eigenvalue weighted by Crippen LogP contribution is 2.28. The highest BCUT2D eigenvalue weighted by Gasteiger charge is 2.16. The van der Waals surface area contributed by atoms with Crippen molar-refractivity contribution in [2.24, 2.45) is 0 Å². The van der Waals surface area contributed by atoms with Crippen LogP contribution in [0.2, 0.25) is 0 Å². The topological polar surface area (TPSA) is 39.4 Å². The van der Waals surface area contributed by atoms with E-state index in [9.17, 15) is 4.79 Å². The Balaban J connectivity index is 1.61. The average Bonchev–Trinajstić information content (AvgIpc) is 3.10. The van der Waals surface area contributed by atoms with Crippen LogP contribution in [0.15, 0.2) is 83.5 Å². The third kappa shape index (κ3) is 3.24. The smallest absolute Gasteiger partial charge is 0.196 e. The van der Waals surface area contributed by atoms with E-state index in [1.54, 1.807) is 12.1 Å². The second kappa shape index (κ2) is 6.89. The molecule has 1 heterocycles. The van der Waals surface area contributed by atoms with Crippen molar-refractivity contribution in [3.05, 3.63) is 101 Å². The quantitative estimate of drug-likeness (QED) is 0.446. The third-order valence-electron chi connectivity index (χ3n) is 4.31. The van der Waals surface area contributed by atoms with E-state index < -0.39 is 0 Å². The van der Waals surface area contributed by atoms with Crippen molar-refractivity contribution >= 4 is 16.8 Å². The van der Waals surface area contributed by atoms with Crippen LogP contribution in [0.25, 0.3) is 11.0 Å². The highest BCUT2D eigenvalue weighted by atomic mass is 16.5. The van der Waals surface area contributed by atoms with Gasteiger partial charge in [-0.15, -0.1) is 0 Å². The van der Waals surface area contributed by atoms with Gasteiger partial charge in [-0.1, -0.05) is 60.2 Å². The Morgan fingerprint density at radius 2 is 1.81 bits per heavy atom. The van der Waals surface area contributed by atoms with Crippen LogP contribution < -0.4 is 4.74 Å². The number of ketones is 1. The first-order valence-electron chi connectivity index (χ1n) is 8.50. The lowest BCUT2D eigenvalue weighted by molar-refractivity contribution is 0.103. The number of fused-ring (bicyclic) bond motifs is 1. The van der Waals surface area contributed by atoms with Gasteiger partial charge in [0.05, 0.1) is 5.56 Å². The van der Waals surface area contributed by atoms with Gasteiger partial charge >= 0.3 is 0 Å². The molecule has 3 heteroatoms. The van der Waals surface area contributed by atoms with E-state index in [1.165, 1.54) is 11.8 Å². The molecule has 0 aliphatic rings. The van der Waals surface area contributed by atoms with Crippen molar-refractivity contribution in [3.8, 4) is 5.75 Å². The summed E-state index contributed by atoms with van der Waals surface area (Å²) in [4.78, 5) is 12.7. The molecule has 0 radical (unpaired) electrons. The zero-order valence-electron chi connectivity index (χ0n) is 14.4. The summed E-state index contributed by atoms with van der Waals surface area (Å²) in [5, 5.41) is 0.764. The Kier molecular flexibility index (Phi) is 4.28. The molecule has 0 atom stereocenters. The first kappa shape index (κ1) is 16.2. The molecular formula is C23H18O3. The molecule has 0 saturated carbocycles. The number of aryl methyl sites for hydroxylation is 1. The number of benzene rings is 3. The van der Waals surface area contributed by atoms with Gasteiger partial charge in [0.25, 0.3) is 0 Å². The summed E-state index contributed by atoms with van der Waals surface area (Å²) in [6, 6.07) is 23.0. The fraction of sp³-hybridized carbons (Fsp3) is 0.0870. The maximum absolute atomic E-state index is 12.7. The molecule has 0 fully saturated rings. The Morgan fingerprint density at radius 1 is 0.962 bits per heavy atom. The van der Waals surface area contributed by atoms with Gasteiger partial charge in [-0.05, 0) is 30.7 Å². The summed E-state index contributed by atoms with van der Waals surface area (Å²) in [6.45, 7) is 2.54. The zero-order chi connectivity index (χ0) is 17.9. The molecule has 0 bridgehead atoms. The molecular weight excluding hydrogens is 324 g/mol. The monoisotopic (exact) mass is 342 g/mol. The van der Waals surface area contributed by atoms with Crippen molar-refractivity contribution in [2.45, 2.75) is 13.5 Å². The molecule has 0 N–H and O–H groups in total. The van der Waals surface area contributed by atoms with E-state index in [2.05, 4.69) is 19.1 Å². The van der Waals surface area contributed by atoms with Gasteiger partial charge in [0, 0.05) is 10.9 Å². The van der Waals surface area contributed by atoms with Gasteiger partial charge in [0.2, 0.25) is 0 Å². The first-order valence-corrected chi connectivity index (χ1v) is 8.50. The zero-order valence-corrected chi connectivity index (χ0v) is 14.4. The SMILES string of the molecule is Cc1cccc(COc2ccc3occ(C(=O)c4ccccc4)c3c2)c1. The van der Waals surface area contributed by atoms with Crippen molar-refractivity contribution in [1.29, 1.82) is 0 Å². The maximum atomic E-state index is 12.7. The van der Waals surface area contributed by atoms with E-state index in [-0.39, 0.29) is 5.78 Å². The van der Waals surface area contributed by atoms with Crippen LogP contribution in [0.5, 0.6) is 5.75 Å². The van der Waals surface area contributed by atoms with Crippen LogP contribution in [0, 0.1) is 6.92 Å². The minimum Gasteiger partial charge on any atom is -0.489 e. The summed E-state index contributed by atoms with van der Waals surface area (Å²) in [6.07, 6.45) is 1.52. The number of carbonyl (C=O) groups excluding carboxylic acids is 1. The molecule has 26 heavy (non-hydrogen) atoms. The van der Waals surface area contributed by atoms with E-state index in [4.69, 9.17) is 9.15 Å². The fourth-order valence-corrected chi connectivity index (χ4v) is 2.99. The van der Waals surface area contributed by atoms with Crippen LogP contribution in [0.4, 0.5) is 0 Å². The van der Waals surface area contributed by atoms with Gasteiger partial charge < -0.3 is 9.15 Å². The van der Waals surface area contributed by atoms with Gasteiger partial charge in [-0.3, -0.25) is 4.79 Å². The molecule has 128 valence electrons. The molecule has 0 aliphatic heterocycles. The Bertz CT molecular complexity index is 1060. The average molecular weight is 342 g/mol. The number of furan rings is 1. The number of hydrogen-bond acceptors (Lipinski definition) is 3. The summed E-state index contributed by atoms with van der Waals surface area (Å²) in [5.74, 6) is 0.655. The molecule has 4 aromatic rings. The van der Waals surface area contributed by atoms with Crippen molar-refractivity contribution in [3.63, 3.8) is 0 Å². The number of carbonyl (C=O) groups is 1. The first-order chi connectivity index (χ1) is 12.7. The maximum Gasteiger partial charge on any atom is 0.196 e. The summed E-state index contributed by atoms with van der Waals surface area (Å²) in [5.41, 5.74) is 4.17. The molecule has 4 rings (SSSR count). The predicted molar refractivity (Wildman–Crippen MR) is 102 cm³/mol. The Labute approximate surface area is 151 Å². The summed E-state index contributed by atoms with van der Waals surface area (Å²) in [7, 11) is 0. The number of ether oxygens (including phenoxy) is 1. The minimum atomic E-state index is -0.0554. The Morgan fingerprint density at radius 3 is 2.62 bits per heavy atom. The van der Waals surface area contributed by atoms with E-state index in [0.29, 0.717) is 29.1 Å². The van der Waals surface area contributed by atoms with Gasteiger partial charge in [-0.25, -0.2) is 0 Å². The predicted octanol–water partition coefficient (Wildman–Crippen LogP) is 5.55. The van der Waals surface area contributed by atoms with Gasteiger partial charge in [-0.2, -0.15) is 0 Å². The second-order valence-corrected chi connectivity index (χ2v) is 6.28. The largest absolute Gasteiger partial charge is 0.489 e. The lowest BCUT2D eigenvalue weighted by Gasteiger charge is -2.07. The molecule has 0 spiro atoms. The van der Waals surface area contributed by atoms with E-state index in [0.717, 1.165) is 10.9 Å². The van der Waals surface area contributed by atoms with Crippen molar-refractivity contribution < 1.29 is 13.9 Å². The van der Waals surface area contributed by atoms with Crippen molar-refractivity contribution in [1.82, 2.24) is 0 Å². The van der Waals surface area contributed by atoms with Crippen LogP contribution in [-0.4, -0.2) is 5.78 Å². The molecule has 0 unspecified atom stereocenters. The number of hydrogen-bond donors (Lipinski definition) is 0. The third-order valence-corrected chi connectivity index (χ3v) is 4.31. The van der Waals surface area contributed by atoms with Gasteiger partial charge in [0.15, 0.2) is 5.78 Å². The van der Waals surface area contributed by atoms with Crippen LogP contribution in [-0.2, 0) is 6.61 Å². The lowest BCUT2D eigenvalue weighted by atomic mass is 10.0. The summed E-state index contributed by atoms with van der Waals surface area (Å²) < 4.78 is 11.5. The Hall–Kier alpha value is -3.33. The summed E-state index contributed by atoms with van der Waals surface area (Å²) >= 11 is 0. The normalized spacial score (nSPS) is 10.8. The highest BCUT2D eigenvalue weighted by molar-refractivity contribution is 6.16.